The minimum atomic E-state index is -0.633. The van der Waals surface area contributed by atoms with Crippen LogP contribution in [0.15, 0.2) is 78.9 Å². The van der Waals surface area contributed by atoms with Crippen molar-refractivity contribution in [1.29, 1.82) is 0 Å². The average Bonchev–Trinajstić information content (AvgIpc) is 2.93. The van der Waals surface area contributed by atoms with Gasteiger partial charge in [-0.3, -0.25) is 0 Å². The second-order valence-electron chi connectivity index (χ2n) is 8.30. The molecule has 0 aromatic heterocycles. The zero-order valence-electron chi connectivity index (χ0n) is 22.0. The summed E-state index contributed by atoms with van der Waals surface area (Å²) in [6.07, 6.45) is 4.49. The van der Waals surface area contributed by atoms with Gasteiger partial charge in [-0.05, 0) is 78.9 Å². The second-order valence-corrected chi connectivity index (χ2v) is 8.30. The summed E-state index contributed by atoms with van der Waals surface area (Å²) in [6, 6.07) is 25.4. The molecular formula is C33H38O. The maximum Gasteiger partial charge on any atom is 0.178 e. The monoisotopic (exact) mass is 450 g/mol. The van der Waals surface area contributed by atoms with Crippen molar-refractivity contribution in [2.75, 3.05) is 0 Å². The lowest BCUT2D eigenvalue weighted by Gasteiger charge is -2.36. The van der Waals surface area contributed by atoms with Crippen molar-refractivity contribution in [1.82, 2.24) is 0 Å². The first-order valence-electron chi connectivity index (χ1n) is 12.6. The van der Waals surface area contributed by atoms with Crippen LogP contribution in [-0.4, -0.2) is 0 Å². The van der Waals surface area contributed by atoms with Crippen LogP contribution in [0.25, 0.3) is 16.8 Å². The van der Waals surface area contributed by atoms with Gasteiger partial charge in [-0.15, -0.1) is 0 Å². The van der Waals surface area contributed by atoms with E-state index in [1.807, 2.05) is 39.8 Å². The zero-order chi connectivity index (χ0) is 24.9. The summed E-state index contributed by atoms with van der Waals surface area (Å²) in [7, 11) is 0. The molecule has 0 saturated heterocycles. The molecule has 0 N–H and O–H groups in total. The SMILES string of the molecule is CC.CC.Cc1c(C)c(C)c2c3c(ccc2c1C)OC(c1ccccc1)(c1ccccc1)C=C3. The summed E-state index contributed by atoms with van der Waals surface area (Å²) in [6.45, 7) is 16.9. The summed E-state index contributed by atoms with van der Waals surface area (Å²) in [5.74, 6) is 0.934. The molecule has 0 saturated carbocycles. The molecule has 0 atom stereocenters. The summed E-state index contributed by atoms with van der Waals surface area (Å²) >= 11 is 0. The molecule has 1 heteroatoms. The number of benzene rings is 4. The molecule has 4 aromatic carbocycles. The Morgan fingerprint density at radius 1 is 0.559 bits per heavy atom. The largest absolute Gasteiger partial charge is 0.473 e. The first kappa shape index (κ1) is 25.3. The molecule has 0 aliphatic carbocycles. The quantitative estimate of drug-likeness (QED) is 0.295. The number of ether oxygens (including phenoxy) is 1. The van der Waals surface area contributed by atoms with E-state index in [-0.39, 0.29) is 0 Å². The maximum absolute atomic E-state index is 6.88. The molecule has 0 bridgehead atoms. The van der Waals surface area contributed by atoms with Crippen LogP contribution >= 0.6 is 0 Å². The number of hydrogen-bond donors (Lipinski definition) is 0. The van der Waals surface area contributed by atoms with E-state index >= 15 is 0 Å². The van der Waals surface area contributed by atoms with Gasteiger partial charge in [0.05, 0.1) is 0 Å². The predicted molar refractivity (Wildman–Crippen MR) is 149 cm³/mol. The van der Waals surface area contributed by atoms with E-state index in [9.17, 15) is 0 Å². The molecule has 1 aliphatic rings. The number of hydrogen-bond acceptors (Lipinski definition) is 1. The van der Waals surface area contributed by atoms with Gasteiger partial charge in [-0.25, -0.2) is 0 Å². The normalized spacial score (nSPS) is 13.1. The van der Waals surface area contributed by atoms with Crippen molar-refractivity contribution in [2.24, 2.45) is 0 Å². The van der Waals surface area contributed by atoms with Crippen molar-refractivity contribution in [3.8, 4) is 5.75 Å². The van der Waals surface area contributed by atoms with E-state index in [2.05, 4.69) is 101 Å². The van der Waals surface area contributed by atoms with Gasteiger partial charge in [0.25, 0.3) is 0 Å². The van der Waals surface area contributed by atoms with E-state index < -0.39 is 5.60 Å². The Kier molecular flexibility index (Phi) is 7.99. The Bertz CT molecular complexity index is 1240. The second kappa shape index (κ2) is 10.7. The lowest BCUT2D eigenvalue weighted by molar-refractivity contribution is 0.161. The standard InChI is InChI=1S/C29H26O.2C2H6/c1-19-20(2)22(4)28-25(21(19)3)15-16-27-26(28)17-18-29(30-27,23-11-7-5-8-12-23)24-13-9-6-10-14-24;2*1-2/h5-18H,1-4H3;2*1-2H3. The predicted octanol–water partition coefficient (Wildman–Crippen LogP) is 9.48. The fourth-order valence-electron chi connectivity index (χ4n) is 4.78. The lowest BCUT2D eigenvalue weighted by Crippen LogP contribution is -2.34. The summed E-state index contributed by atoms with van der Waals surface area (Å²) in [5, 5.41) is 2.62. The van der Waals surface area contributed by atoms with Gasteiger partial charge in [0, 0.05) is 16.7 Å². The van der Waals surface area contributed by atoms with Crippen molar-refractivity contribution in [3.05, 3.63) is 118 Å². The fraction of sp³-hybridized carbons (Fsp3) is 0.273. The first-order chi connectivity index (χ1) is 16.5. The summed E-state index contributed by atoms with van der Waals surface area (Å²) in [4.78, 5) is 0. The minimum Gasteiger partial charge on any atom is -0.473 e. The van der Waals surface area contributed by atoms with Crippen LogP contribution in [0.4, 0.5) is 0 Å². The van der Waals surface area contributed by atoms with Gasteiger partial charge in [0.15, 0.2) is 5.60 Å². The molecule has 5 rings (SSSR count). The van der Waals surface area contributed by atoms with Crippen LogP contribution in [0, 0.1) is 27.7 Å². The van der Waals surface area contributed by atoms with E-state index in [1.54, 1.807) is 0 Å². The van der Waals surface area contributed by atoms with Gasteiger partial charge in [0.2, 0.25) is 0 Å². The van der Waals surface area contributed by atoms with Crippen molar-refractivity contribution < 1.29 is 4.74 Å². The highest BCUT2D eigenvalue weighted by Gasteiger charge is 2.37. The van der Waals surface area contributed by atoms with Gasteiger partial charge >= 0.3 is 0 Å². The van der Waals surface area contributed by atoms with Gasteiger partial charge < -0.3 is 4.74 Å². The zero-order valence-corrected chi connectivity index (χ0v) is 22.0. The van der Waals surface area contributed by atoms with E-state index in [1.165, 1.54) is 38.6 Å². The van der Waals surface area contributed by atoms with Crippen molar-refractivity contribution >= 4 is 16.8 Å². The van der Waals surface area contributed by atoms with Gasteiger partial charge in [0.1, 0.15) is 5.75 Å². The Hall–Kier alpha value is -3.32. The third-order valence-electron chi connectivity index (χ3n) is 6.83. The number of aryl methyl sites for hydroxylation is 2. The molecule has 0 amide bonds. The molecule has 0 spiro atoms. The molecular weight excluding hydrogens is 412 g/mol. The van der Waals surface area contributed by atoms with Crippen LogP contribution in [0.2, 0.25) is 0 Å². The van der Waals surface area contributed by atoms with Crippen LogP contribution in [0.1, 0.15) is 66.6 Å². The van der Waals surface area contributed by atoms with Crippen LogP contribution in [0.5, 0.6) is 5.75 Å². The molecule has 0 unspecified atom stereocenters. The summed E-state index contributed by atoms with van der Waals surface area (Å²) in [5.41, 5.74) is 8.24. The lowest BCUT2D eigenvalue weighted by atomic mass is 9.82. The summed E-state index contributed by atoms with van der Waals surface area (Å²) < 4.78 is 6.88. The minimum absolute atomic E-state index is 0.633. The third-order valence-corrected chi connectivity index (χ3v) is 6.83. The Labute approximate surface area is 206 Å². The molecule has 1 heterocycles. The van der Waals surface area contributed by atoms with Crippen molar-refractivity contribution in [3.63, 3.8) is 0 Å². The highest BCUT2D eigenvalue weighted by Crippen LogP contribution is 2.45. The Morgan fingerprint density at radius 2 is 1.06 bits per heavy atom. The molecule has 0 fully saturated rings. The topological polar surface area (TPSA) is 9.23 Å². The van der Waals surface area contributed by atoms with Crippen LogP contribution in [0.3, 0.4) is 0 Å². The number of rotatable bonds is 2. The number of fused-ring (bicyclic) bond motifs is 3. The Balaban J connectivity index is 0.000000771. The molecule has 1 nitrogen and oxygen atoms in total. The average molecular weight is 451 g/mol. The third kappa shape index (κ3) is 4.16. The molecule has 4 aromatic rings. The fourth-order valence-corrected chi connectivity index (χ4v) is 4.78. The highest BCUT2D eigenvalue weighted by molar-refractivity contribution is 5.99. The van der Waals surface area contributed by atoms with Crippen LogP contribution in [-0.2, 0) is 5.60 Å². The maximum atomic E-state index is 6.88. The van der Waals surface area contributed by atoms with Gasteiger partial charge in [-0.2, -0.15) is 0 Å². The van der Waals surface area contributed by atoms with Crippen LogP contribution < -0.4 is 4.74 Å². The van der Waals surface area contributed by atoms with E-state index in [0.29, 0.717) is 0 Å². The van der Waals surface area contributed by atoms with Crippen molar-refractivity contribution in [2.45, 2.75) is 61.0 Å². The Morgan fingerprint density at radius 3 is 1.59 bits per heavy atom. The highest BCUT2D eigenvalue weighted by atomic mass is 16.5. The smallest absolute Gasteiger partial charge is 0.178 e. The molecule has 34 heavy (non-hydrogen) atoms. The van der Waals surface area contributed by atoms with Gasteiger partial charge in [-0.1, -0.05) is 94.4 Å². The molecule has 0 radical (unpaired) electrons. The molecule has 1 aliphatic heterocycles. The first-order valence-corrected chi connectivity index (χ1v) is 12.6. The molecule has 176 valence electrons. The van der Waals surface area contributed by atoms with E-state index in [0.717, 1.165) is 16.9 Å². The van der Waals surface area contributed by atoms with E-state index in [4.69, 9.17) is 4.74 Å².